The highest BCUT2D eigenvalue weighted by Gasteiger charge is 2.16. The summed E-state index contributed by atoms with van der Waals surface area (Å²) in [4.78, 5) is 7.27. The van der Waals surface area contributed by atoms with E-state index in [4.69, 9.17) is 4.74 Å². The molecule has 3 heteroatoms. The van der Waals surface area contributed by atoms with Crippen molar-refractivity contribution < 1.29 is 4.74 Å². The Labute approximate surface area is 65.8 Å². The van der Waals surface area contributed by atoms with Crippen molar-refractivity contribution in [3.05, 3.63) is 18.2 Å². The van der Waals surface area contributed by atoms with Crippen LogP contribution in [0.25, 0.3) is 0 Å². The molecule has 0 radical (unpaired) electrons. The number of aromatic amines is 1. The molecule has 0 saturated carbocycles. The summed E-state index contributed by atoms with van der Waals surface area (Å²) in [7, 11) is 0. The summed E-state index contributed by atoms with van der Waals surface area (Å²) in [5, 5.41) is 0. The lowest BCUT2D eigenvalue weighted by atomic mass is 10.1. The second kappa shape index (κ2) is 3.05. The molecule has 2 heterocycles. The van der Waals surface area contributed by atoms with Crippen molar-refractivity contribution in [1.82, 2.24) is 9.97 Å². The Morgan fingerprint density at radius 3 is 3.36 bits per heavy atom. The van der Waals surface area contributed by atoms with Crippen LogP contribution in [0.3, 0.4) is 0 Å². The molecule has 1 unspecified atom stereocenters. The third-order valence-corrected chi connectivity index (χ3v) is 2.06. The van der Waals surface area contributed by atoms with Crippen LogP contribution in [0, 0.1) is 5.92 Å². The number of ether oxygens (including phenoxy) is 1. The SMILES string of the molecule is c1c[nH]c(CC2CCOC2)n1. The van der Waals surface area contributed by atoms with Crippen LogP contribution in [0.1, 0.15) is 12.2 Å². The molecular weight excluding hydrogens is 140 g/mol. The number of nitrogens with zero attached hydrogens (tertiary/aromatic N) is 1. The van der Waals surface area contributed by atoms with Crippen LogP contribution >= 0.6 is 0 Å². The van der Waals surface area contributed by atoms with E-state index in [2.05, 4.69) is 9.97 Å². The zero-order valence-corrected chi connectivity index (χ0v) is 6.42. The lowest BCUT2D eigenvalue weighted by Gasteiger charge is -2.02. The van der Waals surface area contributed by atoms with Gasteiger partial charge in [-0.3, -0.25) is 0 Å². The molecule has 0 aromatic carbocycles. The van der Waals surface area contributed by atoms with E-state index in [1.165, 1.54) is 6.42 Å². The standard InChI is InChI=1S/C8H12N2O/c1-4-11-6-7(1)5-8-9-2-3-10-8/h2-3,7H,1,4-6H2,(H,9,10). The van der Waals surface area contributed by atoms with Gasteiger partial charge in [0.25, 0.3) is 0 Å². The maximum atomic E-state index is 5.26. The van der Waals surface area contributed by atoms with Crippen molar-refractivity contribution in [3.8, 4) is 0 Å². The zero-order valence-electron chi connectivity index (χ0n) is 6.42. The van der Waals surface area contributed by atoms with Crippen LogP contribution in [0.2, 0.25) is 0 Å². The molecule has 11 heavy (non-hydrogen) atoms. The van der Waals surface area contributed by atoms with Gasteiger partial charge in [-0.15, -0.1) is 0 Å². The number of rotatable bonds is 2. The smallest absolute Gasteiger partial charge is 0.106 e. The number of aromatic nitrogens is 2. The zero-order chi connectivity index (χ0) is 7.52. The van der Waals surface area contributed by atoms with Gasteiger partial charge in [0.15, 0.2) is 0 Å². The van der Waals surface area contributed by atoms with Gasteiger partial charge in [0.05, 0.1) is 0 Å². The molecule has 1 aromatic heterocycles. The summed E-state index contributed by atoms with van der Waals surface area (Å²) < 4.78 is 5.26. The van der Waals surface area contributed by atoms with Gasteiger partial charge >= 0.3 is 0 Å². The predicted molar refractivity (Wildman–Crippen MR) is 41.2 cm³/mol. The van der Waals surface area contributed by atoms with Crippen LogP contribution < -0.4 is 0 Å². The molecule has 0 bridgehead atoms. The van der Waals surface area contributed by atoms with Crippen LogP contribution in [0.5, 0.6) is 0 Å². The van der Waals surface area contributed by atoms with Gasteiger partial charge in [-0.2, -0.15) is 0 Å². The minimum absolute atomic E-state index is 0.682. The van der Waals surface area contributed by atoms with Crippen molar-refractivity contribution in [2.75, 3.05) is 13.2 Å². The van der Waals surface area contributed by atoms with Crippen molar-refractivity contribution in [3.63, 3.8) is 0 Å². The van der Waals surface area contributed by atoms with E-state index < -0.39 is 0 Å². The van der Waals surface area contributed by atoms with Crippen LogP contribution in [0.15, 0.2) is 12.4 Å². The van der Waals surface area contributed by atoms with E-state index in [0.29, 0.717) is 5.92 Å². The molecule has 1 N–H and O–H groups in total. The molecule has 1 aromatic rings. The number of hydrogen-bond acceptors (Lipinski definition) is 2. The average Bonchev–Trinajstić information content (AvgIpc) is 2.60. The van der Waals surface area contributed by atoms with Gasteiger partial charge in [-0.1, -0.05) is 0 Å². The third kappa shape index (κ3) is 1.60. The second-order valence-electron chi connectivity index (χ2n) is 2.97. The van der Waals surface area contributed by atoms with Crippen molar-refractivity contribution in [2.45, 2.75) is 12.8 Å². The van der Waals surface area contributed by atoms with E-state index in [1.54, 1.807) is 6.20 Å². The molecule has 3 nitrogen and oxygen atoms in total. The Morgan fingerprint density at radius 2 is 2.73 bits per heavy atom. The molecule has 0 amide bonds. The lowest BCUT2D eigenvalue weighted by molar-refractivity contribution is 0.185. The van der Waals surface area contributed by atoms with E-state index in [0.717, 1.165) is 25.5 Å². The fraction of sp³-hybridized carbons (Fsp3) is 0.625. The lowest BCUT2D eigenvalue weighted by Crippen LogP contribution is -2.04. The molecule has 1 atom stereocenters. The number of hydrogen-bond donors (Lipinski definition) is 1. The van der Waals surface area contributed by atoms with Gasteiger partial charge in [0.1, 0.15) is 5.82 Å². The molecule has 2 rings (SSSR count). The summed E-state index contributed by atoms with van der Waals surface area (Å²) in [5.41, 5.74) is 0. The van der Waals surface area contributed by atoms with Crippen molar-refractivity contribution in [2.24, 2.45) is 5.92 Å². The summed E-state index contributed by atoms with van der Waals surface area (Å²) in [6.07, 6.45) is 5.88. The van der Waals surface area contributed by atoms with Crippen LogP contribution in [-0.4, -0.2) is 23.2 Å². The van der Waals surface area contributed by atoms with Gasteiger partial charge in [0, 0.05) is 32.0 Å². The van der Waals surface area contributed by atoms with Crippen LogP contribution in [-0.2, 0) is 11.2 Å². The normalized spacial score (nSPS) is 24.2. The number of imidazole rings is 1. The van der Waals surface area contributed by atoms with Gasteiger partial charge < -0.3 is 9.72 Å². The Morgan fingerprint density at radius 1 is 1.73 bits per heavy atom. The topological polar surface area (TPSA) is 37.9 Å². The highest BCUT2D eigenvalue weighted by molar-refractivity contribution is 4.89. The summed E-state index contributed by atoms with van der Waals surface area (Å²) in [6, 6.07) is 0. The Balaban J connectivity index is 1.90. The fourth-order valence-electron chi connectivity index (χ4n) is 1.43. The van der Waals surface area contributed by atoms with E-state index in [1.807, 2.05) is 6.20 Å². The maximum absolute atomic E-state index is 5.26. The predicted octanol–water partition coefficient (Wildman–Crippen LogP) is 0.989. The average molecular weight is 152 g/mol. The maximum Gasteiger partial charge on any atom is 0.106 e. The van der Waals surface area contributed by atoms with E-state index in [-0.39, 0.29) is 0 Å². The van der Waals surface area contributed by atoms with E-state index >= 15 is 0 Å². The molecule has 1 aliphatic heterocycles. The first kappa shape index (κ1) is 6.85. The van der Waals surface area contributed by atoms with E-state index in [9.17, 15) is 0 Å². The third-order valence-electron chi connectivity index (χ3n) is 2.06. The fourth-order valence-corrected chi connectivity index (χ4v) is 1.43. The largest absolute Gasteiger partial charge is 0.381 e. The highest BCUT2D eigenvalue weighted by atomic mass is 16.5. The minimum atomic E-state index is 0.682. The van der Waals surface area contributed by atoms with Crippen LogP contribution in [0.4, 0.5) is 0 Å². The Hall–Kier alpha value is -0.830. The first-order chi connectivity index (χ1) is 5.45. The summed E-state index contributed by atoms with van der Waals surface area (Å²) in [5.74, 6) is 1.77. The van der Waals surface area contributed by atoms with Crippen molar-refractivity contribution >= 4 is 0 Å². The summed E-state index contributed by atoms with van der Waals surface area (Å²) in [6.45, 7) is 1.83. The van der Waals surface area contributed by atoms with Gasteiger partial charge in [-0.25, -0.2) is 4.98 Å². The molecule has 60 valence electrons. The first-order valence-electron chi connectivity index (χ1n) is 4.01. The second-order valence-corrected chi connectivity index (χ2v) is 2.97. The first-order valence-corrected chi connectivity index (χ1v) is 4.01. The Kier molecular flexibility index (Phi) is 1.90. The van der Waals surface area contributed by atoms with Gasteiger partial charge in [-0.05, 0) is 12.3 Å². The molecule has 1 fully saturated rings. The summed E-state index contributed by atoms with van der Waals surface area (Å²) >= 11 is 0. The molecular formula is C8H12N2O. The van der Waals surface area contributed by atoms with Gasteiger partial charge in [0.2, 0.25) is 0 Å². The highest BCUT2D eigenvalue weighted by Crippen LogP contribution is 2.15. The number of nitrogens with one attached hydrogen (secondary N) is 1. The Bertz CT molecular complexity index is 202. The minimum Gasteiger partial charge on any atom is -0.381 e. The monoisotopic (exact) mass is 152 g/mol. The molecule has 0 aliphatic carbocycles. The molecule has 1 aliphatic rings. The van der Waals surface area contributed by atoms with Crippen molar-refractivity contribution in [1.29, 1.82) is 0 Å². The number of H-pyrrole nitrogens is 1. The molecule has 0 spiro atoms. The molecule has 1 saturated heterocycles. The quantitative estimate of drug-likeness (QED) is 0.686.